The molecule has 0 radical (unpaired) electrons. The van der Waals surface area contributed by atoms with Crippen molar-refractivity contribution >= 4 is 55.7 Å². The van der Waals surface area contributed by atoms with E-state index in [9.17, 15) is 0 Å². The Morgan fingerprint density at radius 2 is 1.84 bits per heavy atom. The molecule has 1 aromatic heterocycles. The van der Waals surface area contributed by atoms with Crippen LogP contribution in [0.1, 0.15) is 37.3 Å². The molecule has 19 heavy (non-hydrogen) atoms. The third kappa shape index (κ3) is 2.32. The molecule has 0 unspecified atom stereocenters. The number of anilines is 1. The Hall–Kier alpha value is -0.510. The molecule has 0 bridgehead atoms. The minimum absolute atomic E-state index is 0.470. The molecule has 1 aliphatic carbocycles. The predicted octanol–water partition coefficient (Wildman–Crippen LogP) is 5.54. The van der Waals surface area contributed by atoms with Crippen LogP contribution in [0.25, 0.3) is 10.9 Å². The average Bonchev–Trinajstić information content (AvgIpc) is 2.91. The van der Waals surface area contributed by atoms with Crippen molar-refractivity contribution in [2.75, 3.05) is 5.73 Å². The van der Waals surface area contributed by atoms with Crippen molar-refractivity contribution < 1.29 is 0 Å². The SMILES string of the molecule is Nc1cc(C2CCCC2)nc2c(Cl)c(Cl)c(Br)cc12. The zero-order valence-corrected chi connectivity index (χ0v) is 13.3. The number of nitrogens with zero attached hydrogens (tertiary/aromatic N) is 1. The van der Waals surface area contributed by atoms with Gasteiger partial charge in [0.2, 0.25) is 0 Å². The van der Waals surface area contributed by atoms with E-state index in [2.05, 4.69) is 15.9 Å². The minimum atomic E-state index is 0.470. The van der Waals surface area contributed by atoms with E-state index in [1.54, 1.807) is 0 Å². The van der Waals surface area contributed by atoms with Crippen LogP contribution >= 0.6 is 39.1 Å². The van der Waals surface area contributed by atoms with E-state index in [0.29, 0.717) is 27.2 Å². The summed E-state index contributed by atoms with van der Waals surface area (Å²) in [5, 5.41) is 1.81. The van der Waals surface area contributed by atoms with Crippen LogP contribution in [0.5, 0.6) is 0 Å². The maximum atomic E-state index is 6.30. The van der Waals surface area contributed by atoms with E-state index < -0.39 is 0 Å². The Balaban J connectivity index is 2.24. The molecule has 5 heteroatoms. The maximum Gasteiger partial charge on any atom is 0.0928 e. The van der Waals surface area contributed by atoms with Gasteiger partial charge >= 0.3 is 0 Å². The van der Waals surface area contributed by atoms with Gasteiger partial charge in [-0.05, 0) is 40.9 Å². The van der Waals surface area contributed by atoms with Gasteiger partial charge in [0.1, 0.15) is 0 Å². The molecule has 1 saturated carbocycles. The van der Waals surface area contributed by atoms with Crippen LogP contribution in [0.2, 0.25) is 10.0 Å². The fraction of sp³-hybridized carbons (Fsp3) is 0.357. The number of fused-ring (bicyclic) bond motifs is 1. The number of benzene rings is 1. The van der Waals surface area contributed by atoms with Crippen LogP contribution in [0.3, 0.4) is 0 Å². The van der Waals surface area contributed by atoms with Gasteiger partial charge in [-0.25, -0.2) is 0 Å². The summed E-state index contributed by atoms with van der Waals surface area (Å²) in [7, 11) is 0. The molecule has 1 aromatic carbocycles. The lowest BCUT2D eigenvalue weighted by Crippen LogP contribution is -2.00. The van der Waals surface area contributed by atoms with E-state index in [1.165, 1.54) is 25.7 Å². The molecule has 1 fully saturated rings. The first-order valence-corrected chi connectivity index (χ1v) is 7.86. The van der Waals surface area contributed by atoms with Gasteiger partial charge in [-0.3, -0.25) is 4.98 Å². The molecule has 0 amide bonds. The molecule has 1 aliphatic rings. The summed E-state index contributed by atoms with van der Waals surface area (Å²) >= 11 is 15.8. The second-order valence-electron chi connectivity index (χ2n) is 5.00. The summed E-state index contributed by atoms with van der Waals surface area (Å²) in [5.74, 6) is 0.505. The molecule has 1 heterocycles. The molecule has 100 valence electrons. The summed E-state index contributed by atoms with van der Waals surface area (Å²) in [5.41, 5.74) is 8.61. The molecule has 0 saturated heterocycles. The Labute approximate surface area is 130 Å². The highest BCUT2D eigenvalue weighted by molar-refractivity contribution is 9.10. The van der Waals surface area contributed by atoms with Gasteiger partial charge in [0, 0.05) is 27.2 Å². The smallest absolute Gasteiger partial charge is 0.0928 e. The molecule has 0 spiro atoms. The minimum Gasteiger partial charge on any atom is -0.398 e. The number of rotatable bonds is 1. The van der Waals surface area contributed by atoms with Crippen molar-refractivity contribution in [3.8, 4) is 0 Å². The molecule has 3 rings (SSSR count). The Bertz CT molecular complexity index is 652. The Kier molecular flexibility index (Phi) is 3.63. The molecular weight excluding hydrogens is 347 g/mol. The van der Waals surface area contributed by atoms with E-state index in [1.807, 2.05) is 12.1 Å². The predicted molar refractivity (Wildman–Crippen MR) is 85.1 cm³/mol. The van der Waals surface area contributed by atoms with Crippen LogP contribution in [-0.4, -0.2) is 4.98 Å². The third-order valence-corrected chi connectivity index (χ3v) is 5.48. The summed E-state index contributed by atoms with van der Waals surface area (Å²) in [6, 6.07) is 3.86. The van der Waals surface area contributed by atoms with Crippen LogP contribution < -0.4 is 5.73 Å². The number of pyridine rings is 1. The maximum absolute atomic E-state index is 6.30. The quantitative estimate of drug-likeness (QED) is 0.678. The average molecular weight is 360 g/mol. The van der Waals surface area contributed by atoms with Gasteiger partial charge in [0.25, 0.3) is 0 Å². The zero-order valence-electron chi connectivity index (χ0n) is 10.2. The Morgan fingerprint density at radius 3 is 2.53 bits per heavy atom. The summed E-state index contributed by atoms with van der Waals surface area (Å²) in [4.78, 5) is 4.70. The highest BCUT2D eigenvalue weighted by Crippen LogP contribution is 2.40. The number of nitrogen functional groups attached to an aromatic ring is 1. The topological polar surface area (TPSA) is 38.9 Å². The van der Waals surface area contributed by atoms with Crippen LogP contribution in [0.4, 0.5) is 5.69 Å². The first-order chi connectivity index (χ1) is 9.08. The molecule has 2 N–H and O–H groups in total. The number of hydrogen-bond acceptors (Lipinski definition) is 2. The van der Waals surface area contributed by atoms with Crippen molar-refractivity contribution in [2.24, 2.45) is 0 Å². The number of nitrogens with two attached hydrogens (primary N) is 1. The van der Waals surface area contributed by atoms with Gasteiger partial charge < -0.3 is 5.73 Å². The first kappa shape index (κ1) is 13.5. The first-order valence-electron chi connectivity index (χ1n) is 6.31. The van der Waals surface area contributed by atoms with Gasteiger partial charge in [-0.15, -0.1) is 0 Å². The largest absolute Gasteiger partial charge is 0.398 e. The number of halogens is 3. The summed E-state index contributed by atoms with van der Waals surface area (Å²) in [6.07, 6.45) is 4.89. The van der Waals surface area contributed by atoms with E-state index in [-0.39, 0.29) is 0 Å². The van der Waals surface area contributed by atoms with Crippen molar-refractivity contribution in [1.82, 2.24) is 4.98 Å². The molecule has 2 aromatic rings. The van der Waals surface area contributed by atoms with Crippen LogP contribution in [-0.2, 0) is 0 Å². The Morgan fingerprint density at radius 1 is 1.16 bits per heavy atom. The number of aromatic nitrogens is 1. The van der Waals surface area contributed by atoms with Gasteiger partial charge in [-0.2, -0.15) is 0 Å². The molecule has 0 atom stereocenters. The zero-order chi connectivity index (χ0) is 13.6. The highest BCUT2D eigenvalue weighted by Gasteiger charge is 2.21. The lowest BCUT2D eigenvalue weighted by atomic mass is 10.0. The van der Waals surface area contributed by atoms with Gasteiger partial charge in [0.15, 0.2) is 0 Å². The van der Waals surface area contributed by atoms with Gasteiger partial charge in [0.05, 0.1) is 15.6 Å². The monoisotopic (exact) mass is 358 g/mol. The second kappa shape index (κ2) is 5.12. The third-order valence-electron chi connectivity index (χ3n) is 3.77. The molecule has 0 aliphatic heterocycles. The second-order valence-corrected chi connectivity index (χ2v) is 6.61. The van der Waals surface area contributed by atoms with Crippen molar-refractivity contribution in [1.29, 1.82) is 0 Å². The van der Waals surface area contributed by atoms with Crippen molar-refractivity contribution in [3.63, 3.8) is 0 Å². The lowest BCUT2D eigenvalue weighted by molar-refractivity contribution is 0.701. The fourth-order valence-electron chi connectivity index (χ4n) is 2.74. The van der Waals surface area contributed by atoms with Crippen molar-refractivity contribution in [3.05, 3.63) is 32.3 Å². The molecular formula is C14H13BrCl2N2. The molecule has 2 nitrogen and oxygen atoms in total. The number of hydrogen-bond donors (Lipinski definition) is 1. The normalized spacial score (nSPS) is 16.4. The lowest BCUT2D eigenvalue weighted by Gasteiger charge is -2.13. The van der Waals surface area contributed by atoms with Crippen LogP contribution in [0.15, 0.2) is 16.6 Å². The van der Waals surface area contributed by atoms with E-state index in [0.717, 1.165) is 15.6 Å². The highest BCUT2D eigenvalue weighted by atomic mass is 79.9. The fourth-order valence-corrected chi connectivity index (χ4v) is 3.68. The standard InChI is InChI=1S/C14H13BrCl2N2/c15-9-5-8-10(18)6-11(7-3-1-2-4-7)19-14(8)13(17)12(9)16/h5-7H,1-4H2,(H2,18,19). The van der Waals surface area contributed by atoms with E-state index in [4.69, 9.17) is 33.9 Å². The van der Waals surface area contributed by atoms with E-state index >= 15 is 0 Å². The van der Waals surface area contributed by atoms with Gasteiger partial charge in [-0.1, -0.05) is 36.0 Å². The van der Waals surface area contributed by atoms with Crippen molar-refractivity contribution in [2.45, 2.75) is 31.6 Å². The summed E-state index contributed by atoms with van der Waals surface area (Å²) < 4.78 is 0.744. The summed E-state index contributed by atoms with van der Waals surface area (Å²) in [6.45, 7) is 0. The van der Waals surface area contributed by atoms with Crippen LogP contribution in [0, 0.1) is 0 Å².